The van der Waals surface area contributed by atoms with Crippen LogP contribution < -0.4 is 0 Å². The van der Waals surface area contributed by atoms with Crippen molar-refractivity contribution in [2.24, 2.45) is 5.10 Å². The van der Waals surface area contributed by atoms with E-state index >= 15 is 0 Å². The molecule has 6 heteroatoms. The third-order valence-corrected chi connectivity index (χ3v) is 2.51. The van der Waals surface area contributed by atoms with Crippen LogP contribution in [-0.4, -0.2) is 52.8 Å². The molecule has 3 N–H and O–H groups in total. The number of aromatic hydroxyl groups is 3. The first-order valence-corrected chi connectivity index (χ1v) is 5.29. The zero-order chi connectivity index (χ0) is 12.3. The second-order valence-electron chi connectivity index (χ2n) is 3.68. The molecule has 0 aromatic heterocycles. The second kappa shape index (κ2) is 4.92. The second-order valence-corrected chi connectivity index (χ2v) is 3.68. The van der Waals surface area contributed by atoms with Gasteiger partial charge in [-0.2, -0.15) is 5.10 Å². The summed E-state index contributed by atoms with van der Waals surface area (Å²) in [5, 5.41) is 34.0. The molecule has 1 saturated heterocycles. The van der Waals surface area contributed by atoms with Crippen LogP contribution in [0, 0.1) is 0 Å². The molecule has 1 aromatic carbocycles. The lowest BCUT2D eigenvalue weighted by molar-refractivity contribution is 0.0397. The van der Waals surface area contributed by atoms with Crippen molar-refractivity contribution >= 4 is 6.21 Å². The average molecular weight is 238 g/mol. The Labute approximate surface area is 98.4 Å². The third kappa shape index (κ3) is 2.59. The number of nitrogens with zero attached hydrogens (tertiary/aromatic N) is 2. The summed E-state index contributed by atoms with van der Waals surface area (Å²) in [6, 6.07) is 2.78. The Kier molecular flexibility index (Phi) is 3.34. The van der Waals surface area contributed by atoms with Gasteiger partial charge in [-0.25, -0.2) is 0 Å². The molecule has 1 heterocycles. The molecule has 0 radical (unpaired) electrons. The highest BCUT2D eigenvalue weighted by Crippen LogP contribution is 2.36. The molecule has 0 unspecified atom stereocenters. The molecule has 1 aromatic rings. The zero-order valence-corrected chi connectivity index (χ0v) is 9.20. The van der Waals surface area contributed by atoms with Gasteiger partial charge in [0, 0.05) is 5.56 Å². The van der Waals surface area contributed by atoms with Gasteiger partial charge in [-0.3, -0.25) is 5.01 Å². The fourth-order valence-electron chi connectivity index (χ4n) is 1.50. The quantitative estimate of drug-likeness (QED) is 0.515. The van der Waals surface area contributed by atoms with Crippen molar-refractivity contribution in [3.8, 4) is 17.2 Å². The van der Waals surface area contributed by atoms with E-state index < -0.39 is 5.75 Å². The molecular formula is C11H14N2O4. The van der Waals surface area contributed by atoms with Gasteiger partial charge in [0.2, 0.25) is 5.75 Å². The molecule has 0 aliphatic carbocycles. The monoisotopic (exact) mass is 238 g/mol. The fraction of sp³-hybridized carbons (Fsp3) is 0.364. The number of rotatable bonds is 2. The SMILES string of the molecule is Oc1ccc(/C=N/N2CCOCC2)c(O)c1O. The molecule has 6 nitrogen and oxygen atoms in total. The van der Waals surface area contributed by atoms with Crippen molar-refractivity contribution in [3.63, 3.8) is 0 Å². The molecule has 1 fully saturated rings. The van der Waals surface area contributed by atoms with Crippen LogP contribution in [-0.2, 0) is 4.74 Å². The van der Waals surface area contributed by atoms with E-state index in [4.69, 9.17) is 9.84 Å². The number of benzene rings is 1. The molecule has 0 amide bonds. The molecule has 0 saturated carbocycles. The Morgan fingerprint density at radius 1 is 1.12 bits per heavy atom. The standard InChI is InChI=1S/C11H14N2O4/c14-9-2-1-8(10(15)11(9)16)7-12-13-3-5-17-6-4-13/h1-2,7,14-16H,3-6H2/b12-7+. The summed E-state index contributed by atoms with van der Waals surface area (Å²) in [5.41, 5.74) is 0.354. The van der Waals surface area contributed by atoms with E-state index in [1.807, 2.05) is 5.01 Å². The van der Waals surface area contributed by atoms with Crippen molar-refractivity contribution in [2.75, 3.05) is 26.3 Å². The highest BCUT2D eigenvalue weighted by molar-refractivity contribution is 5.85. The van der Waals surface area contributed by atoms with E-state index in [0.29, 0.717) is 31.9 Å². The number of morpholine rings is 1. The summed E-state index contributed by atoms with van der Waals surface area (Å²) in [7, 11) is 0. The maximum atomic E-state index is 9.56. The maximum absolute atomic E-state index is 9.56. The Morgan fingerprint density at radius 3 is 2.53 bits per heavy atom. The van der Waals surface area contributed by atoms with E-state index in [1.165, 1.54) is 18.3 Å². The van der Waals surface area contributed by atoms with Gasteiger partial charge in [-0.05, 0) is 12.1 Å². The zero-order valence-electron chi connectivity index (χ0n) is 9.20. The Hall–Kier alpha value is -1.95. The van der Waals surface area contributed by atoms with Gasteiger partial charge in [-0.1, -0.05) is 0 Å². The van der Waals surface area contributed by atoms with Crippen LogP contribution in [0.3, 0.4) is 0 Å². The highest BCUT2D eigenvalue weighted by Gasteiger charge is 2.10. The van der Waals surface area contributed by atoms with Crippen LogP contribution in [0.4, 0.5) is 0 Å². The number of hydrogen-bond donors (Lipinski definition) is 3. The van der Waals surface area contributed by atoms with Gasteiger partial charge in [-0.15, -0.1) is 0 Å². The number of hydrazone groups is 1. The molecule has 92 valence electrons. The Balaban J connectivity index is 2.12. The smallest absolute Gasteiger partial charge is 0.200 e. The minimum absolute atomic E-state index is 0.354. The van der Waals surface area contributed by atoms with Crippen LogP contribution in [0.25, 0.3) is 0 Å². The summed E-state index contributed by atoms with van der Waals surface area (Å²) in [4.78, 5) is 0. The summed E-state index contributed by atoms with van der Waals surface area (Å²) in [6.07, 6.45) is 1.44. The summed E-state index contributed by atoms with van der Waals surface area (Å²) in [6.45, 7) is 2.65. The summed E-state index contributed by atoms with van der Waals surface area (Å²) < 4.78 is 5.17. The van der Waals surface area contributed by atoms with Gasteiger partial charge in [0.15, 0.2) is 11.5 Å². The molecule has 0 bridgehead atoms. The highest BCUT2D eigenvalue weighted by atomic mass is 16.5. The normalized spacial score (nSPS) is 16.6. The van der Waals surface area contributed by atoms with Gasteiger partial charge in [0.05, 0.1) is 32.5 Å². The van der Waals surface area contributed by atoms with Crippen molar-refractivity contribution in [3.05, 3.63) is 17.7 Å². The molecule has 0 spiro atoms. The lowest BCUT2D eigenvalue weighted by Crippen LogP contribution is -2.32. The first-order chi connectivity index (χ1) is 8.18. The minimum atomic E-state index is -0.532. The third-order valence-electron chi connectivity index (χ3n) is 2.51. The van der Waals surface area contributed by atoms with Crippen LogP contribution in [0.15, 0.2) is 17.2 Å². The lowest BCUT2D eigenvalue weighted by Gasteiger charge is -2.23. The lowest BCUT2D eigenvalue weighted by atomic mass is 10.2. The summed E-state index contributed by atoms with van der Waals surface area (Å²) >= 11 is 0. The van der Waals surface area contributed by atoms with E-state index in [2.05, 4.69) is 5.10 Å². The van der Waals surface area contributed by atoms with Crippen molar-refractivity contribution in [2.45, 2.75) is 0 Å². The van der Waals surface area contributed by atoms with Crippen LogP contribution in [0.2, 0.25) is 0 Å². The molecule has 17 heavy (non-hydrogen) atoms. The number of phenolic OH excluding ortho intramolecular Hbond substituents is 3. The largest absolute Gasteiger partial charge is 0.504 e. The topological polar surface area (TPSA) is 85.5 Å². The Morgan fingerprint density at radius 2 is 1.82 bits per heavy atom. The van der Waals surface area contributed by atoms with Crippen LogP contribution >= 0.6 is 0 Å². The molecule has 0 atom stereocenters. The fourth-order valence-corrected chi connectivity index (χ4v) is 1.50. The van der Waals surface area contributed by atoms with E-state index in [9.17, 15) is 10.2 Å². The predicted molar refractivity (Wildman–Crippen MR) is 61.4 cm³/mol. The summed E-state index contributed by atoms with van der Waals surface area (Å²) in [5.74, 6) is -1.26. The van der Waals surface area contributed by atoms with Gasteiger partial charge >= 0.3 is 0 Å². The van der Waals surface area contributed by atoms with Crippen LogP contribution in [0.5, 0.6) is 17.2 Å². The van der Waals surface area contributed by atoms with Crippen molar-refractivity contribution in [1.29, 1.82) is 0 Å². The molecular weight excluding hydrogens is 224 g/mol. The maximum Gasteiger partial charge on any atom is 0.200 e. The number of ether oxygens (including phenoxy) is 1. The first-order valence-electron chi connectivity index (χ1n) is 5.29. The van der Waals surface area contributed by atoms with E-state index in [-0.39, 0.29) is 11.5 Å². The molecule has 2 rings (SSSR count). The van der Waals surface area contributed by atoms with Crippen LogP contribution in [0.1, 0.15) is 5.56 Å². The molecule has 1 aliphatic rings. The number of phenols is 3. The minimum Gasteiger partial charge on any atom is -0.504 e. The predicted octanol–water partition coefficient (Wildman–Crippen LogP) is 0.469. The van der Waals surface area contributed by atoms with Gasteiger partial charge in [0.1, 0.15) is 0 Å². The van der Waals surface area contributed by atoms with Crippen molar-refractivity contribution in [1.82, 2.24) is 5.01 Å². The van der Waals surface area contributed by atoms with Crippen molar-refractivity contribution < 1.29 is 20.1 Å². The van der Waals surface area contributed by atoms with E-state index in [1.54, 1.807) is 0 Å². The number of hydrogen-bond acceptors (Lipinski definition) is 6. The van der Waals surface area contributed by atoms with E-state index in [0.717, 1.165) is 0 Å². The van der Waals surface area contributed by atoms with Gasteiger partial charge in [0.25, 0.3) is 0 Å². The average Bonchev–Trinajstić information content (AvgIpc) is 2.36. The first kappa shape index (κ1) is 11.5. The Bertz CT molecular complexity index is 428. The molecule has 1 aliphatic heterocycles. The van der Waals surface area contributed by atoms with Gasteiger partial charge < -0.3 is 20.1 Å².